The third-order valence-corrected chi connectivity index (χ3v) is 1.96. The van der Waals surface area contributed by atoms with Crippen molar-refractivity contribution in [1.29, 1.82) is 0 Å². The van der Waals surface area contributed by atoms with E-state index in [9.17, 15) is 4.79 Å². The highest BCUT2D eigenvalue weighted by Gasteiger charge is 2.16. The topological polar surface area (TPSA) is 61.8 Å². The maximum atomic E-state index is 10.7. The Morgan fingerprint density at radius 2 is 2.29 bits per heavy atom. The van der Waals surface area contributed by atoms with Crippen LogP contribution in [0.3, 0.4) is 0 Å². The SMILES string of the molecule is CCOCCN(C)CC(NC)C(=O)O. The molecule has 0 aromatic heterocycles. The molecule has 0 aliphatic heterocycles. The first kappa shape index (κ1) is 13.4. The minimum Gasteiger partial charge on any atom is -0.480 e. The van der Waals surface area contributed by atoms with E-state index in [1.54, 1.807) is 7.05 Å². The van der Waals surface area contributed by atoms with Crippen LogP contribution in [0.5, 0.6) is 0 Å². The Morgan fingerprint density at radius 3 is 2.71 bits per heavy atom. The number of ether oxygens (including phenoxy) is 1. The minimum absolute atomic E-state index is 0.485. The fourth-order valence-electron chi connectivity index (χ4n) is 1.06. The van der Waals surface area contributed by atoms with Gasteiger partial charge in [0.15, 0.2) is 0 Å². The molecule has 14 heavy (non-hydrogen) atoms. The summed E-state index contributed by atoms with van der Waals surface area (Å²) in [6, 6.07) is -0.512. The molecule has 0 aliphatic carbocycles. The normalized spacial score (nSPS) is 13.1. The van der Waals surface area contributed by atoms with Crippen LogP contribution in [0.4, 0.5) is 0 Å². The Morgan fingerprint density at radius 1 is 1.64 bits per heavy atom. The fourth-order valence-corrected chi connectivity index (χ4v) is 1.06. The molecule has 0 rings (SSSR count). The number of hydrogen-bond donors (Lipinski definition) is 2. The van der Waals surface area contributed by atoms with Crippen molar-refractivity contribution >= 4 is 5.97 Å². The van der Waals surface area contributed by atoms with Crippen LogP contribution < -0.4 is 5.32 Å². The van der Waals surface area contributed by atoms with Crippen LogP contribution in [0.2, 0.25) is 0 Å². The van der Waals surface area contributed by atoms with Crippen molar-refractivity contribution in [2.45, 2.75) is 13.0 Å². The largest absolute Gasteiger partial charge is 0.480 e. The van der Waals surface area contributed by atoms with Gasteiger partial charge in [-0.1, -0.05) is 0 Å². The van der Waals surface area contributed by atoms with Gasteiger partial charge in [0.25, 0.3) is 0 Å². The summed E-state index contributed by atoms with van der Waals surface area (Å²) < 4.78 is 5.17. The highest BCUT2D eigenvalue weighted by atomic mass is 16.5. The van der Waals surface area contributed by atoms with Crippen LogP contribution in [-0.4, -0.2) is 62.4 Å². The standard InChI is InChI=1S/C9H20N2O3/c1-4-14-6-5-11(3)7-8(10-2)9(12)13/h8,10H,4-7H2,1-3H3,(H,12,13). The second kappa shape index (κ2) is 7.73. The van der Waals surface area contributed by atoms with Crippen molar-refractivity contribution in [3.05, 3.63) is 0 Å². The van der Waals surface area contributed by atoms with Crippen LogP contribution in [0.25, 0.3) is 0 Å². The van der Waals surface area contributed by atoms with Crippen LogP contribution >= 0.6 is 0 Å². The highest BCUT2D eigenvalue weighted by molar-refractivity contribution is 5.73. The average Bonchev–Trinajstić information content (AvgIpc) is 2.14. The van der Waals surface area contributed by atoms with Gasteiger partial charge < -0.3 is 20.1 Å². The molecule has 0 amide bonds. The quantitative estimate of drug-likeness (QED) is 0.528. The maximum absolute atomic E-state index is 10.7. The van der Waals surface area contributed by atoms with Gasteiger partial charge in [-0.15, -0.1) is 0 Å². The summed E-state index contributed by atoms with van der Waals surface area (Å²) in [5.41, 5.74) is 0. The van der Waals surface area contributed by atoms with E-state index >= 15 is 0 Å². The van der Waals surface area contributed by atoms with Crippen molar-refractivity contribution in [3.63, 3.8) is 0 Å². The number of hydrogen-bond acceptors (Lipinski definition) is 4. The van der Waals surface area contributed by atoms with Gasteiger partial charge in [-0.05, 0) is 21.0 Å². The zero-order chi connectivity index (χ0) is 11.0. The minimum atomic E-state index is -0.823. The maximum Gasteiger partial charge on any atom is 0.322 e. The number of rotatable bonds is 8. The third-order valence-electron chi connectivity index (χ3n) is 1.96. The highest BCUT2D eigenvalue weighted by Crippen LogP contribution is 1.90. The predicted molar refractivity (Wildman–Crippen MR) is 54.5 cm³/mol. The molecule has 0 aromatic rings. The fraction of sp³-hybridized carbons (Fsp3) is 0.889. The van der Waals surface area contributed by atoms with Gasteiger partial charge in [-0.25, -0.2) is 0 Å². The van der Waals surface area contributed by atoms with Crippen LogP contribution in [0.1, 0.15) is 6.92 Å². The number of carboxylic acids is 1. The van der Waals surface area contributed by atoms with Crippen LogP contribution in [0, 0.1) is 0 Å². The van der Waals surface area contributed by atoms with E-state index in [-0.39, 0.29) is 0 Å². The molecule has 0 aromatic carbocycles. The van der Waals surface area contributed by atoms with Crippen molar-refractivity contribution in [1.82, 2.24) is 10.2 Å². The average molecular weight is 204 g/mol. The Labute approximate surface area is 85.0 Å². The number of carbonyl (C=O) groups is 1. The number of nitrogens with zero attached hydrogens (tertiary/aromatic N) is 1. The van der Waals surface area contributed by atoms with E-state index < -0.39 is 12.0 Å². The van der Waals surface area contributed by atoms with Crippen molar-refractivity contribution in [3.8, 4) is 0 Å². The Kier molecular flexibility index (Phi) is 7.37. The first-order chi connectivity index (χ1) is 6.61. The lowest BCUT2D eigenvalue weighted by Gasteiger charge is -2.20. The molecule has 0 aliphatic rings. The molecule has 1 atom stereocenters. The van der Waals surface area contributed by atoms with Gasteiger partial charge in [0.05, 0.1) is 6.61 Å². The van der Waals surface area contributed by atoms with E-state index in [1.807, 2.05) is 18.9 Å². The van der Waals surface area contributed by atoms with Gasteiger partial charge in [0.2, 0.25) is 0 Å². The summed E-state index contributed by atoms with van der Waals surface area (Å²) in [5.74, 6) is -0.823. The molecule has 0 saturated carbocycles. The third kappa shape index (κ3) is 5.90. The zero-order valence-corrected chi connectivity index (χ0v) is 9.12. The Bertz CT molecular complexity index is 164. The molecule has 0 heterocycles. The smallest absolute Gasteiger partial charge is 0.322 e. The van der Waals surface area contributed by atoms with Gasteiger partial charge >= 0.3 is 5.97 Å². The van der Waals surface area contributed by atoms with Crippen molar-refractivity contribution < 1.29 is 14.6 Å². The van der Waals surface area contributed by atoms with E-state index in [0.717, 1.165) is 6.54 Å². The molecule has 84 valence electrons. The van der Waals surface area contributed by atoms with E-state index in [2.05, 4.69) is 5.32 Å². The lowest BCUT2D eigenvalue weighted by molar-refractivity contribution is -0.139. The summed E-state index contributed by atoms with van der Waals surface area (Å²) in [5, 5.41) is 11.5. The Balaban J connectivity index is 3.67. The van der Waals surface area contributed by atoms with Gasteiger partial charge in [0.1, 0.15) is 6.04 Å². The van der Waals surface area contributed by atoms with Crippen LogP contribution in [-0.2, 0) is 9.53 Å². The lowest BCUT2D eigenvalue weighted by Crippen LogP contribution is -2.44. The summed E-state index contributed by atoms with van der Waals surface area (Å²) >= 11 is 0. The molecule has 5 nitrogen and oxygen atoms in total. The summed E-state index contributed by atoms with van der Waals surface area (Å²) in [6.45, 7) is 4.51. The van der Waals surface area contributed by atoms with E-state index in [0.29, 0.717) is 19.8 Å². The number of likely N-dealkylation sites (N-methyl/N-ethyl adjacent to an activating group) is 2. The molecular formula is C9H20N2O3. The first-order valence-electron chi connectivity index (χ1n) is 4.78. The summed E-state index contributed by atoms with van der Waals surface area (Å²) in [6.07, 6.45) is 0. The Hall–Kier alpha value is -0.650. The molecule has 1 unspecified atom stereocenters. The molecule has 0 radical (unpaired) electrons. The molecule has 0 spiro atoms. The van der Waals surface area contributed by atoms with Gasteiger partial charge in [0, 0.05) is 19.7 Å². The molecular weight excluding hydrogens is 184 g/mol. The summed E-state index contributed by atoms with van der Waals surface area (Å²) in [4.78, 5) is 12.6. The molecule has 0 fully saturated rings. The second-order valence-electron chi connectivity index (χ2n) is 3.14. The van der Waals surface area contributed by atoms with Crippen molar-refractivity contribution in [2.24, 2.45) is 0 Å². The number of nitrogens with one attached hydrogen (secondary N) is 1. The summed E-state index contributed by atoms with van der Waals surface area (Å²) in [7, 11) is 3.53. The zero-order valence-electron chi connectivity index (χ0n) is 9.12. The number of carboxylic acid groups (broad SMARTS) is 1. The van der Waals surface area contributed by atoms with Gasteiger partial charge in [-0.2, -0.15) is 0 Å². The monoisotopic (exact) mass is 204 g/mol. The number of aliphatic carboxylic acids is 1. The molecule has 0 bridgehead atoms. The molecule has 5 heteroatoms. The van der Waals surface area contributed by atoms with E-state index in [1.165, 1.54) is 0 Å². The molecule has 0 saturated heterocycles. The predicted octanol–water partition coefficient (Wildman–Crippen LogP) is -0.373. The van der Waals surface area contributed by atoms with Crippen LogP contribution in [0.15, 0.2) is 0 Å². The first-order valence-corrected chi connectivity index (χ1v) is 4.78. The van der Waals surface area contributed by atoms with Gasteiger partial charge in [-0.3, -0.25) is 4.79 Å². The molecule has 2 N–H and O–H groups in total. The van der Waals surface area contributed by atoms with Crippen molar-refractivity contribution in [2.75, 3.05) is 40.4 Å². The van der Waals surface area contributed by atoms with E-state index in [4.69, 9.17) is 9.84 Å². The lowest BCUT2D eigenvalue weighted by atomic mass is 10.3. The second-order valence-corrected chi connectivity index (χ2v) is 3.14.